The number of phenolic OH excluding ortho intramolecular Hbond substituents is 2. The highest BCUT2D eigenvalue weighted by Crippen LogP contribution is 2.38. The van der Waals surface area contributed by atoms with E-state index in [1.54, 1.807) is 24.3 Å². The van der Waals surface area contributed by atoms with Gasteiger partial charge in [-0.05, 0) is 47.2 Å². The van der Waals surface area contributed by atoms with Crippen LogP contribution >= 0.6 is 0 Å². The predicted octanol–water partition coefficient (Wildman–Crippen LogP) is 7.20. The lowest BCUT2D eigenvalue weighted by molar-refractivity contribution is 0.476. The SMILES string of the molecule is Oc1ccccc1-c1nc(-c2cc3ccccc3c(-c3ccccc3O)n2)cc2ccccc12. The van der Waals surface area contributed by atoms with E-state index in [0.717, 1.165) is 21.5 Å². The first-order valence-corrected chi connectivity index (χ1v) is 11.1. The summed E-state index contributed by atoms with van der Waals surface area (Å²) in [7, 11) is 0. The molecule has 0 aliphatic carbocycles. The molecule has 34 heavy (non-hydrogen) atoms. The molecular formula is C30H20N2O2. The Labute approximate surface area is 196 Å². The van der Waals surface area contributed by atoms with Crippen molar-refractivity contribution in [2.45, 2.75) is 0 Å². The van der Waals surface area contributed by atoms with Gasteiger partial charge in [0.25, 0.3) is 0 Å². The molecule has 0 atom stereocenters. The Morgan fingerprint density at radius 1 is 0.441 bits per heavy atom. The average Bonchev–Trinajstić information content (AvgIpc) is 2.88. The largest absolute Gasteiger partial charge is 0.507 e. The van der Waals surface area contributed by atoms with Gasteiger partial charge in [0.15, 0.2) is 0 Å². The van der Waals surface area contributed by atoms with Gasteiger partial charge in [-0.15, -0.1) is 0 Å². The molecule has 0 unspecified atom stereocenters. The van der Waals surface area contributed by atoms with Crippen LogP contribution in [0.5, 0.6) is 11.5 Å². The Bertz CT molecular complexity index is 1560. The van der Waals surface area contributed by atoms with Crippen molar-refractivity contribution in [3.63, 3.8) is 0 Å². The van der Waals surface area contributed by atoms with Crippen LogP contribution in [0.2, 0.25) is 0 Å². The molecule has 0 aliphatic heterocycles. The second-order valence-corrected chi connectivity index (χ2v) is 8.19. The molecule has 4 heteroatoms. The van der Waals surface area contributed by atoms with Gasteiger partial charge >= 0.3 is 0 Å². The van der Waals surface area contributed by atoms with Crippen LogP contribution in [-0.4, -0.2) is 20.2 Å². The molecule has 0 saturated carbocycles. The van der Waals surface area contributed by atoms with E-state index in [0.29, 0.717) is 33.9 Å². The quantitative estimate of drug-likeness (QED) is 0.305. The average molecular weight is 441 g/mol. The lowest BCUT2D eigenvalue weighted by Crippen LogP contribution is -1.96. The normalized spacial score (nSPS) is 11.2. The fraction of sp³-hybridized carbons (Fsp3) is 0. The van der Waals surface area contributed by atoms with Crippen molar-refractivity contribution >= 4 is 21.5 Å². The minimum Gasteiger partial charge on any atom is -0.507 e. The smallest absolute Gasteiger partial charge is 0.124 e. The topological polar surface area (TPSA) is 66.2 Å². The highest BCUT2D eigenvalue weighted by molar-refractivity contribution is 6.00. The van der Waals surface area contributed by atoms with Gasteiger partial charge in [-0.1, -0.05) is 72.8 Å². The number of hydrogen-bond acceptors (Lipinski definition) is 4. The Kier molecular flexibility index (Phi) is 4.70. The Morgan fingerprint density at radius 2 is 0.824 bits per heavy atom. The zero-order valence-corrected chi connectivity index (χ0v) is 18.2. The number of aromatic hydroxyl groups is 2. The molecule has 162 valence electrons. The van der Waals surface area contributed by atoms with E-state index >= 15 is 0 Å². The molecule has 0 spiro atoms. The highest BCUT2D eigenvalue weighted by Gasteiger charge is 2.16. The van der Waals surface area contributed by atoms with Gasteiger partial charge in [0.05, 0.1) is 22.8 Å². The number of phenols is 2. The number of fused-ring (bicyclic) bond motifs is 2. The Hall–Kier alpha value is -4.70. The molecule has 2 N–H and O–H groups in total. The van der Waals surface area contributed by atoms with E-state index in [1.807, 2.05) is 84.9 Å². The molecule has 4 aromatic carbocycles. The molecule has 0 radical (unpaired) electrons. The van der Waals surface area contributed by atoms with Gasteiger partial charge in [0.1, 0.15) is 11.5 Å². The number of rotatable bonds is 3. The van der Waals surface area contributed by atoms with Crippen molar-refractivity contribution in [1.29, 1.82) is 0 Å². The Morgan fingerprint density at radius 3 is 1.26 bits per heavy atom. The number of hydrogen-bond donors (Lipinski definition) is 2. The summed E-state index contributed by atoms with van der Waals surface area (Å²) in [6, 6.07) is 34.5. The van der Waals surface area contributed by atoms with E-state index in [9.17, 15) is 10.2 Å². The molecule has 0 bridgehead atoms. The maximum atomic E-state index is 10.6. The standard InChI is InChI=1S/C30H20N2O2/c33-27-15-7-5-13-23(27)29-21-11-3-1-9-19(21)17-25(31-29)26-18-20-10-2-4-12-22(20)30(32-26)24-14-6-8-16-28(24)34/h1-18,33-34H. The van der Waals surface area contributed by atoms with Gasteiger partial charge in [-0.25, -0.2) is 9.97 Å². The van der Waals surface area contributed by atoms with Crippen LogP contribution in [0.25, 0.3) is 55.4 Å². The fourth-order valence-corrected chi connectivity index (χ4v) is 4.42. The van der Waals surface area contributed by atoms with E-state index in [2.05, 4.69) is 0 Å². The molecule has 0 amide bonds. The number of aromatic nitrogens is 2. The maximum absolute atomic E-state index is 10.6. The van der Waals surface area contributed by atoms with Gasteiger partial charge < -0.3 is 10.2 Å². The first kappa shape index (κ1) is 19.9. The Balaban J connectivity index is 1.66. The van der Waals surface area contributed by atoms with Crippen molar-refractivity contribution in [1.82, 2.24) is 9.97 Å². The van der Waals surface area contributed by atoms with Crippen molar-refractivity contribution in [2.75, 3.05) is 0 Å². The highest BCUT2D eigenvalue weighted by atomic mass is 16.3. The minimum atomic E-state index is 0.179. The zero-order chi connectivity index (χ0) is 23.1. The van der Waals surface area contributed by atoms with Crippen LogP contribution in [0.1, 0.15) is 0 Å². The summed E-state index contributed by atoms with van der Waals surface area (Å²) in [5.41, 5.74) is 4.12. The van der Waals surface area contributed by atoms with Crippen molar-refractivity contribution in [2.24, 2.45) is 0 Å². The third kappa shape index (κ3) is 3.33. The summed E-state index contributed by atoms with van der Waals surface area (Å²) in [4.78, 5) is 9.96. The van der Waals surface area contributed by atoms with E-state index in [4.69, 9.17) is 9.97 Å². The molecule has 0 aliphatic rings. The van der Waals surface area contributed by atoms with E-state index in [-0.39, 0.29) is 11.5 Å². The molecular weight excluding hydrogens is 420 g/mol. The monoisotopic (exact) mass is 440 g/mol. The van der Waals surface area contributed by atoms with E-state index < -0.39 is 0 Å². The van der Waals surface area contributed by atoms with Gasteiger partial charge in [0.2, 0.25) is 0 Å². The van der Waals surface area contributed by atoms with E-state index in [1.165, 1.54) is 0 Å². The van der Waals surface area contributed by atoms with Crippen molar-refractivity contribution in [3.05, 3.63) is 109 Å². The molecule has 0 fully saturated rings. The van der Waals surface area contributed by atoms with Gasteiger partial charge in [-0.3, -0.25) is 0 Å². The number of benzene rings is 4. The number of para-hydroxylation sites is 2. The summed E-state index contributed by atoms with van der Waals surface area (Å²) in [6.07, 6.45) is 0. The van der Waals surface area contributed by atoms with Crippen LogP contribution in [0.4, 0.5) is 0 Å². The third-order valence-corrected chi connectivity index (χ3v) is 6.06. The summed E-state index contributed by atoms with van der Waals surface area (Å²) in [5, 5.41) is 25.0. The number of pyridine rings is 2. The lowest BCUT2D eigenvalue weighted by Gasteiger charge is -2.13. The zero-order valence-electron chi connectivity index (χ0n) is 18.2. The van der Waals surface area contributed by atoms with Gasteiger partial charge in [-0.2, -0.15) is 0 Å². The first-order valence-electron chi connectivity index (χ1n) is 11.1. The maximum Gasteiger partial charge on any atom is 0.124 e. The molecule has 0 saturated heterocycles. The van der Waals surface area contributed by atoms with Crippen LogP contribution in [0, 0.1) is 0 Å². The van der Waals surface area contributed by atoms with Crippen LogP contribution in [0.3, 0.4) is 0 Å². The second kappa shape index (κ2) is 8.01. The molecule has 4 nitrogen and oxygen atoms in total. The summed E-state index contributed by atoms with van der Waals surface area (Å²) < 4.78 is 0. The van der Waals surface area contributed by atoms with Gasteiger partial charge in [0, 0.05) is 21.9 Å². The predicted molar refractivity (Wildman–Crippen MR) is 137 cm³/mol. The molecule has 2 heterocycles. The fourth-order valence-electron chi connectivity index (χ4n) is 4.42. The summed E-state index contributed by atoms with van der Waals surface area (Å²) in [6.45, 7) is 0. The van der Waals surface area contributed by atoms with Crippen molar-refractivity contribution < 1.29 is 10.2 Å². The molecule has 6 aromatic rings. The molecule has 2 aromatic heterocycles. The number of nitrogens with zero attached hydrogens (tertiary/aromatic N) is 2. The third-order valence-electron chi connectivity index (χ3n) is 6.06. The second-order valence-electron chi connectivity index (χ2n) is 8.19. The molecule has 6 rings (SSSR count). The van der Waals surface area contributed by atoms with Crippen LogP contribution < -0.4 is 0 Å². The van der Waals surface area contributed by atoms with Crippen molar-refractivity contribution in [3.8, 4) is 45.4 Å². The summed E-state index contributed by atoms with van der Waals surface area (Å²) in [5.74, 6) is 0.359. The minimum absolute atomic E-state index is 0.179. The van der Waals surface area contributed by atoms with Crippen LogP contribution in [0.15, 0.2) is 109 Å². The van der Waals surface area contributed by atoms with Crippen LogP contribution in [-0.2, 0) is 0 Å². The first-order chi connectivity index (χ1) is 16.7. The lowest BCUT2D eigenvalue weighted by atomic mass is 9.99. The summed E-state index contributed by atoms with van der Waals surface area (Å²) >= 11 is 0.